The summed E-state index contributed by atoms with van der Waals surface area (Å²) in [7, 11) is 3.07. The minimum atomic E-state index is -0.384. The van der Waals surface area contributed by atoms with E-state index in [1.165, 1.54) is 37.7 Å². The smallest absolute Gasteiger partial charge is 0.182 e. The summed E-state index contributed by atoms with van der Waals surface area (Å²) in [6, 6.07) is 23.7. The van der Waals surface area contributed by atoms with Crippen LogP contribution < -0.4 is 20.5 Å². The maximum Gasteiger partial charge on any atom is 0.182 e. The normalized spacial score (nSPS) is 11.1. The molecular weight excluding hydrogens is 721 g/mol. The second-order valence-corrected chi connectivity index (χ2v) is 12.5. The molecule has 10 nitrogen and oxygen atoms in total. The monoisotopic (exact) mass is 750 g/mol. The molecule has 8 aromatic rings. The Morgan fingerprint density at radius 2 is 1.28 bits per heavy atom. The highest BCUT2D eigenvalue weighted by Gasteiger charge is 2.18. The number of hydrogen-bond acceptors (Lipinski definition) is 9. The summed E-state index contributed by atoms with van der Waals surface area (Å²) in [6.07, 6.45) is 3.01. The quantitative estimate of drug-likeness (QED) is 0.139. The van der Waals surface area contributed by atoms with E-state index in [0.717, 1.165) is 21.9 Å². The molecule has 0 saturated heterocycles. The number of rotatable bonds is 8. The number of H-pyrrole nitrogens is 1. The highest BCUT2D eigenvalue weighted by atomic mass is 35.5. The van der Waals surface area contributed by atoms with Gasteiger partial charge in [0.15, 0.2) is 11.5 Å². The first-order chi connectivity index (χ1) is 25.8. The number of aromatic amines is 1. The third-order valence-electron chi connectivity index (χ3n) is 8.47. The molecule has 0 aliphatic rings. The average Bonchev–Trinajstić information content (AvgIpc) is 3.67. The van der Waals surface area contributed by atoms with Crippen molar-refractivity contribution in [2.24, 2.45) is 5.73 Å². The predicted molar refractivity (Wildman–Crippen MR) is 204 cm³/mol. The lowest BCUT2D eigenvalue weighted by Gasteiger charge is -2.15. The Morgan fingerprint density at radius 3 is 1.85 bits per heavy atom. The Morgan fingerprint density at radius 1 is 0.717 bits per heavy atom. The summed E-state index contributed by atoms with van der Waals surface area (Å²) in [4.78, 5) is 25.0. The van der Waals surface area contributed by atoms with Crippen LogP contribution in [0.2, 0.25) is 10.0 Å². The van der Waals surface area contributed by atoms with Gasteiger partial charge in [-0.3, -0.25) is 0 Å². The fourth-order valence-electron chi connectivity index (χ4n) is 5.98. The zero-order chi connectivity index (χ0) is 37.1. The van der Waals surface area contributed by atoms with Gasteiger partial charge in [0.05, 0.1) is 53.0 Å². The Labute approximate surface area is 312 Å². The zero-order valence-corrected chi connectivity index (χ0v) is 29.8. The Balaban J connectivity index is 0.000000174. The third kappa shape index (κ3) is 7.25. The van der Waals surface area contributed by atoms with Crippen LogP contribution in [-0.2, 0) is 13.1 Å². The molecule has 4 N–H and O–H groups in total. The minimum absolute atomic E-state index is 0.282. The minimum Gasteiger partial charge on any atom is -0.496 e. The van der Waals surface area contributed by atoms with E-state index in [0.29, 0.717) is 78.6 Å². The fourth-order valence-corrected chi connectivity index (χ4v) is 6.43. The summed E-state index contributed by atoms with van der Waals surface area (Å²) in [5.41, 5.74) is 12.3. The van der Waals surface area contributed by atoms with Crippen LogP contribution in [0.25, 0.3) is 55.5 Å². The molecule has 0 atom stereocenters. The van der Waals surface area contributed by atoms with Gasteiger partial charge in [0.2, 0.25) is 0 Å². The first-order valence-electron chi connectivity index (χ1n) is 16.2. The number of nitrogens with two attached hydrogens (primary N) is 1. The van der Waals surface area contributed by atoms with Crippen LogP contribution in [-0.4, -0.2) is 44.1 Å². The molecule has 4 aromatic heterocycles. The van der Waals surface area contributed by atoms with Crippen LogP contribution in [0.15, 0.2) is 97.6 Å². The number of ether oxygens (including phenoxy) is 2. The maximum absolute atomic E-state index is 14.1. The van der Waals surface area contributed by atoms with Crippen LogP contribution in [0.1, 0.15) is 11.1 Å². The van der Waals surface area contributed by atoms with Crippen molar-refractivity contribution < 1.29 is 18.3 Å². The number of nitrogens with one attached hydrogen (secondary N) is 2. The van der Waals surface area contributed by atoms with Gasteiger partial charge in [-0.1, -0.05) is 47.5 Å². The van der Waals surface area contributed by atoms with Gasteiger partial charge in [0.25, 0.3) is 0 Å². The van der Waals surface area contributed by atoms with Crippen LogP contribution in [0.5, 0.6) is 11.5 Å². The molecule has 0 unspecified atom stereocenters. The second-order valence-electron chi connectivity index (χ2n) is 11.7. The van der Waals surface area contributed by atoms with Gasteiger partial charge in [0, 0.05) is 35.0 Å². The third-order valence-corrected chi connectivity index (χ3v) is 9.08. The van der Waals surface area contributed by atoms with Crippen LogP contribution in [0.3, 0.4) is 0 Å². The highest BCUT2D eigenvalue weighted by molar-refractivity contribution is 6.35. The molecule has 0 saturated carbocycles. The van der Waals surface area contributed by atoms with Crippen LogP contribution >= 0.6 is 23.2 Å². The van der Waals surface area contributed by atoms with Gasteiger partial charge in [-0.05, 0) is 71.8 Å². The van der Waals surface area contributed by atoms with Crippen molar-refractivity contribution in [3.05, 3.63) is 130 Å². The predicted octanol–water partition coefficient (Wildman–Crippen LogP) is 9.14. The SMILES string of the molecule is COc1ccc(F)cc1-c1nc2c(Cl)cccc2cc1CN.COc1ccc(F)cc1-c1nc2c(Cl)cccc2cc1CNc1ncnc2nc[nH]c12. The van der Waals surface area contributed by atoms with Gasteiger partial charge >= 0.3 is 0 Å². The largest absolute Gasteiger partial charge is 0.496 e. The lowest BCUT2D eigenvalue weighted by atomic mass is 10.0. The standard InChI is InChI=1S/C22H16ClFN6O.C17H14ClFN2O/c1-31-17-6-5-14(24)8-15(17)18-13(7-12-3-2-4-16(23)19(12)30-18)9-25-21-20-22(27-10-26-20)29-11-28-21;1-22-15-6-5-12(19)8-13(15)16-11(9-20)7-10-3-2-4-14(18)17(10)21-16/h2-8,10-11H,9H2,1H3,(H2,25,26,27,28,29);2-8H,9,20H2,1H3. The molecule has 0 bridgehead atoms. The van der Waals surface area contributed by atoms with Gasteiger partial charge in [-0.25, -0.2) is 33.7 Å². The number of hydrogen-bond donors (Lipinski definition) is 3. The summed E-state index contributed by atoms with van der Waals surface area (Å²) < 4.78 is 38.6. The summed E-state index contributed by atoms with van der Waals surface area (Å²) in [6.45, 7) is 0.653. The Hall–Kier alpha value is -5.95. The molecule has 14 heteroatoms. The van der Waals surface area contributed by atoms with Crippen molar-refractivity contribution in [1.29, 1.82) is 0 Å². The van der Waals surface area contributed by atoms with E-state index in [2.05, 4.69) is 30.2 Å². The van der Waals surface area contributed by atoms with Crippen molar-refractivity contribution in [1.82, 2.24) is 29.9 Å². The van der Waals surface area contributed by atoms with Crippen molar-refractivity contribution in [3.8, 4) is 34.0 Å². The van der Waals surface area contributed by atoms with E-state index in [1.807, 2.05) is 36.4 Å². The topological polar surface area (TPSA) is 137 Å². The van der Waals surface area contributed by atoms with Gasteiger partial charge in [-0.2, -0.15) is 0 Å². The molecular formula is C39H30Cl2F2N8O2. The number of methoxy groups -OCH3 is 2. The second kappa shape index (κ2) is 15.3. The molecule has 0 aliphatic heterocycles. The van der Waals surface area contributed by atoms with Crippen molar-refractivity contribution in [3.63, 3.8) is 0 Å². The molecule has 4 heterocycles. The maximum atomic E-state index is 14.1. The lowest BCUT2D eigenvalue weighted by molar-refractivity contribution is 0.415. The van der Waals surface area contributed by atoms with Gasteiger partial charge < -0.3 is 25.5 Å². The Kier molecular flexibility index (Phi) is 10.3. The van der Waals surface area contributed by atoms with Crippen molar-refractivity contribution in [2.75, 3.05) is 19.5 Å². The Bertz CT molecular complexity index is 2620. The number of nitrogens with zero attached hydrogens (tertiary/aromatic N) is 5. The molecule has 8 rings (SSSR count). The van der Waals surface area contributed by atoms with E-state index >= 15 is 0 Å². The van der Waals surface area contributed by atoms with Gasteiger partial charge in [-0.15, -0.1) is 0 Å². The molecule has 0 spiro atoms. The van der Waals surface area contributed by atoms with Crippen LogP contribution in [0.4, 0.5) is 14.6 Å². The van der Waals surface area contributed by atoms with E-state index in [9.17, 15) is 8.78 Å². The van der Waals surface area contributed by atoms with E-state index in [-0.39, 0.29) is 18.2 Å². The first kappa shape index (κ1) is 35.5. The molecule has 0 radical (unpaired) electrons. The molecule has 4 aromatic carbocycles. The van der Waals surface area contributed by atoms with E-state index in [1.54, 1.807) is 37.7 Å². The molecule has 53 heavy (non-hydrogen) atoms. The first-order valence-corrected chi connectivity index (χ1v) is 17.0. The number of imidazole rings is 1. The lowest BCUT2D eigenvalue weighted by Crippen LogP contribution is -2.06. The fraction of sp³-hybridized carbons (Fsp3) is 0.103. The highest BCUT2D eigenvalue weighted by Crippen LogP contribution is 2.36. The summed E-state index contributed by atoms with van der Waals surface area (Å²) in [5, 5.41) is 6.13. The van der Waals surface area contributed by atoms with E-state index < -0.39 is 0 Å². The summed E-state index contributed by atoms with van der Waals surface area (Å²) in [5.74, 6) is 0.908. The van der Waals surface area contributed by atoms with Crippen LogP contribution in [0, 0.1) is 11.6 Å². The molecule has 0 amide bonds. The number of pyridine rings is 2. The molecule has 0 fully saturated rings. The number of aromatic nitrogens is 6. The number of benzene rings is 4. The zero-order valence-electron chi connectivity index (χ0n) is 28.3. The molecule has 266 valence electrons. The number of anilines is 1. The number of fused-ring (bicyclic) bond motifs is 3. The van der Waals surface area contributed by atoms with Gasteiger partial charge in [0.1, 0.15) is 35.0 Å². The van der Waals surface area contributed by atoms with Crippen molar-refractivity contribution in [2.45, 2.75) is 13.1 Å². The number of para-hydroxylation sites is 2. The summed E-state index contributed by atoms with van der Waals surface area (Å²) >= 11 is 12.6. The van der Waals surface area contributed by atoms with E-state index in [4.69, 9.17) is 43.4 Å². The molecule has 0 aliphatic carbocycles. The average molecular weight is 752 g/mol. The number of halogens is 4. The van der Waals surface area contributed by atoms with Crippen molar-refractivity contribution >= 4 is 62.0 Å².